The molecule has 0 N–H and O–H groups in total. The lowest BCUT2D eigenvalue weighted by molar-refractivity contribution is 0.0656. The van der Waals surface area contributed by atoms with E-state index in [1.807, 2.05) is 11.0 Å². The van der Waals surface area contributed by atoms with Gasteiger partial charge in [0.1, 0.15) is 0 Å². The molecule has 2 aromatic heterocycles. The van der Waals surface area contributed by atoms with Gasteiger partial charge in [-0.15, -0.1) is 10.2 Å². The molecule has 2 aromatic rings. The Bertz CT molecular complexity index is 807. The van der Waals surface area contributed by atoms with E-state index >= 15 is 0 Å². The van der Waals surface area contributed by atoms with Crippen LogP contribution in [0.1, 0.15) is 21.0 Å². The molecule has 0 atom stereocenters. The highest BCUT2D eigenvalue weighted by atomic mass is 16.3. The summed E-state index contributed by atoms with van der Waals surface area (Å²) in [5.41, 5.74) is 0.375. The van der Waals surface area contributed by atoms with Crippen LogP contribution in [0, 0.1) is 0 Å². The molecule has 4 rings (SSSR count). The zero-order valence-electron chi connectivity index (χ0n) is 16.0. The van der Waals surface area contributed by atoms with Crippen molar-refractivity contribution in [3.63, 3.8) is 0 Å². The molecule has 2 fully saturated rings. The van der Waals surface area contributed by atoms with Crippen molar-refractivity contribution >= 4 is 17.6 Å². The maximum Gasteiger partial charge on any atom is 0.289 e. The number of likely N-dealkylation sites (N-methyl/N-ethyl adjacent to an activating group) is 1. The van der Waals surface area contributed by atoms with E-state index in [0.717, 1.165) is 18.9 Å². The van der Waals surface area contributed by atoms with Crippen LogP contribution in [0.15, 0.2) is 34.9 Å². The predicted molar refractivity (Wildman–Crippen MR) is 102 cm³/mol. The molecule has 9 heteroatoms. The van der Waals surface area contributed by atoms with E-state index in [4.69, 9.17) is 4.42 Å². The van der Waals surface area contributed by atoms with Crippen molar-refractivity contribution in [3.05, 3.63) is 42.0 Å². The van der Waals surface area contributed by atoms with Gasteiger partial charge in [0.05, 0.1) is 6.26 Å². The number of carbonyl (C=O) groups is 2. The van der Waals surface area contributed by atoms with Crippen LogP contribution in [-0.4, -0.2) is 96.1 Å². The van der Waals surface area contributed by atoms with Crippen LogP contribution in [0.5, 0.6) is 0 Å². The van der Waals surface area contributed by atoms with E-state index in [2.05, 4.69) is 27.0 Å². The highest BCUT2D eigenvalue weighted by Crippen LogP contribution is 2.16. The van der Waals surface area contributed by atoms with Gasteiger partial charge < -0.3 is 24.0 Å². The van der Waals surface area contributed by atoms with Crippen molar-refractivity contribution < 1.29 is 14.0 Å². The second kappa shape index (κ2) is 7.97. The van der Waals surface area contributed by atoms with Gasteiger partial charge in [0.2, 0.25) is 0 Å². The molecular formula is C19H24N6O3. The van der Waals surface area contributed by atoms with E-state index in [1.165, 1.54) is 6.26 Å². The van der Waals surface area contributed by atoms with E-state index < -0.39 is 0 Å². The minimum absolute atomic E-state index is 0.0685. The van der Waals surface area contributed by atoms with Crippen LogP contribution in [0.4, 0.5) is 5.82 Å². The third-order valence-electron chi connectivity index (χ3n) is 5.28. The van der Waals surface area contributed by atoms with Crippen molar-refractivity contribution in [2.45, 2.75) is 0 Å². The molecule has 0 saturated carbocycles. The van der Waals surface area contributed by atoms with E-state index in [1.54, 1.807) is 23.1 Å². The van der Waals surface area contributed by atoms with Gasteiger partial charge in [-0.2, -0.15) is 0 Å². The minimum Gasteiger partial charge on any atom is -0.459 e. The summed E-state index contributed by atoms with van der Waals surface area (Å²) in [7, 11) is 2.05. The largest absolute Gasteiger partial charge is 0.459 e. The Labute approximate surface area is 163 Å². The molecule has 0 bridgehead atoms. The third-order valence-corrected chi connectivity index (χ3v) is 5.28. The number of carbonyl (C=O) groups excluding carboxylic acids is 2. The number of hydrogen-bond acceptors (Lipinski definition) is 7. The fraction of sp³-hybridized carbons (Fsp3) is 0.474. The lowest BCUT2D eigenvalue weighted by atomic mass is 10.2. The number of rotatable bonds is 3. The molecule has 4 heterocycles. The number of furan rings is 1. The van der Waals surface area contributed by atoms with Crippen LogP contribution in [-0.2, 0) is 0 Å². The average molecular weight is 384 g/mol. The molecule has 28 heavy (non-hydrogen) atoms. The summed E-state index contributed by atoms with van der Waals surface area (Å²) in [6, 6.07) is 6.96. The Kier molecular flexibility index (Phi) is 5.25. The highest BCUT2D eigenvalue weighted by molar-refractivity contribution is 5.92. The smallest absolute Gasteiger partial charge is 0.289 e. The van der Waals surface area contributed by atoms with Gasteiger partial charge >= 0.3 is 0 Å². The summed E-state index contributed by atoms with van der Waals surface area (Å²) in [6.07, 6.45) is 1.50. The number of amides is 2. The molecule has 2 saturated heterocycles. The Morgan fingerprint density at radius 3 is 2.14 bits per heavy atom. The van der Waals surface area contributed by atoms with Gasteiger partial charge in [-0.25, -0.2) is 0 Å². The maximum atomic E-state index is 12.6. The molecule has 2 aliphatic heterocycles. The number of nitrogens with zero attached hydrogens (tertiary/aromatic N) is 6. The molecule has 0 aliphatic carbocycles. The number of hydrogen-bond donors (Lipinski definition) is 0. The Balaban J connectivity index is 1.33. The van der Waals surface area contributed by atoms with Crippen molar-refractivity contribution in [3.8, 4) is 0 Å². The van der Waals surface area contributed by atoms with Crippen LogP contribution in [0.3, 0.4) is 0 Å². The quantitative estimate of drug-likeness (QED) is 0.758. The Morgan fingerprint density at radius 1 is 0.857 bits per heavy atom. The van der Waals surface area contributed by atoms with Crippen molar-refractivity contribution in [2.24, 2.45) is 0 Å². The van der Waals surface area contributed by atoms with Gasteiger partial charge in [0, 0.05) is 52.4 Å². The van der Waals surface area contributed by atoms with E-state index in [9.17, 15) is 9.59 Å². The van der Waals surface area contributed by atoms with Crippen molar-refractivity contribution in [1.29, 1.82) is 0 Å². The molecule has 0 spiro atoms. The molecule has 0 unspecified atom stereocenters. The van der Waals surface area contributed by atoms with Gasteiger partial charge in [0.25, 0.3) is 11.8 Å². The van der Waals surface area contributed by atoms with E-state index in [-0.39, 0.29) is 11.8 Å². The summed E-state index contributed by atoms with van der Waals surface area (Å²) in [4.78, 5) is 32.8. The summed E-state index contributed by atoms with van der Waals surface area (Å²) < 4.78 is 5.19. The minimum atomic E-state index is -0.0937. The standard InChI is InChI=1S/C19H24N6O3/c1-22-6-8-24(9-7-22)18(26)15-4-5-17(21-20-15)23-10-12-25(13-11-23)19(27)16-3-2-14-28-16/h2-5,14H,6-13H2,1H3. The molecule has 9 nitrogen and oxygen atoms in total. The van der Waals surface area contributed by atoms with Crippen molar-refractivity contribution in [2.75, 3.05) is 64.3 Å². The fourth-order valence-corrected chi connectivity index (χ4v) is 3.47. The zero-order valence-corrected chi connectivity index (χ0v) is 16.0. The first-order valence-electron chi connectivity index (χ1n) is 9.51. The topological polar surface area (TPSA) is 86.0 Å². The van der Waals surface area contributed by atoms with Gasteiger partial charge in [-0.05, 0) is 31.3 Å². The first-order valence-corrected chi connectivity index (χ1v) is 9.51. The lowest BCUT2D eigenvalue weighted by Crippen LogP contribution is -2.49. The maximum absolute atomic E-state index is 12.6. The SMILES string of the molecule is CN1CCN(C(=O)c2ccc(N3CCN(C(=O)c4ccco4)CC3)nn2)CC1. The summed E-state index contributed by atoms with van der Waals surface area (Å²) in [5.74, 6) is 0.921. The number of anilines is 1. The summed E-state index contributed by atoms with van der Waals surface area (Å²) in [6.45, 7) is 5.66. The van der Waals surface area contributed by atoms with Crippen LogP contribution in [0.25, 0.3) is 0 Å². The van der Waals surface area contributed by atoms with Crippen molar-refractivity contribution in [1.82, 2.24) is 24.9 Å². The van der Waals surface area contributed by atoms with Gasteiger partial charge in [0.15, 0.2) is 17.3 Å². The third kappa shape index (κ3) is 3.84. The number of aromatic nitrogens is 2. The fourth-order valence-electron chi connectivity index (χ4n) is 3.47. The predicted octanol–water partition coefficient (Wildman–Crippen LogP) is 0.420. The second-order valence-electron chi connectivity index (χ2n) is 7.13. The van der Waals surface area contributed by atoms with Gasteiger partial charge in [-0.3, -0.25) is 9.59 Å². The van der Waals surface area contributed by atoms with Crippen LogP contribution in [0.2, 0.25) is 0 Å². The molecule has 2 amide bonds. The normalized spacial score (nSPS) is 18.4. The van der Waals surface area contributed by atoms with Gasteiger partial charge in [-0.1, -0.05) is 0 Å². The zero-order chi connectivity index (χ0) is 19.5. The molecule has 0 aromatic carbocycles. The summed E-state index contributed by atoms with van der Waals surface area (Å²) >= 11 is 0. The van der Waals surface area contributed by atoms with E-state index in [0.29, 0.717) is 50.7 Å². The second-order valence-corrected chi connectivity index (χ2v) is 7.13. The lowest BCUT2D eigenvalue weighted by Gasteiger charge is -2.35. The van der Waals surface area contributed by atoms with Crippen LogP contribution < -0.4 is 4.90 Å². The molecule has 0 radical (unpaired) electrons. The van der Waals surface area contributed by atoms with Crippen LogP contribution >= 0.6 is 0 Å². The molecule has 148 valence electrons. The highest BCUT2D eigenvalue weighted by Gasteiger charge is 2.25. The Hall–Kier alpha value is -2.94. The Morgan fingerprint density at radius 2 is 1.54 bits per heavy atom. The molecule has 2 aliphatic rings. The average Bonchev–Trinajstić information content (AvgIpc) is 3.28. The first kappa shape index (κ1) is 18.4. The summed E-state index contributed by atoms with van der Waals surface area (Å²) in [5, 5.41) is 8.40. The molecular weight excluding hydrogens is 360 g/mol. The first-order chi connectivity index (χ1) is 13.6. The number of piperazine rings is 2. The monoisotopic (exact) mass is 384 g/mol.